The normalized spacial score (nSPS) is 10.3. The van der Waals surface area contributed by atoms with Crippen molar-refractivity contribution in [2.75, 3.05) is 11.9 Å². The van der Waals surface area contributed by atoms with Crippen molar-refractivity contribution < 1.29 is 9.59 Å². The highest BCUT2D eigenvalue weighted by Crippen LogP contribution is 2.19. The van der Waals surface area contributed by atoms with Crippen LogP contribution in [0.2, 0.25) is 5.02 Å². The van der Waals surface area contributed by atoms with Crippen molar-refractivity contribution >= 4 is 29.1 Å². The van der Waals surface area contributed by atoms with Crippen molar-refractivity contribution in [1.82, 2.24) is 10.3 Å². The first-order chi connectivity index (χ1) is 12.0. The molecular weight excluding hydrogens is 338 g/mol. The van der Waals surface area contributed by atoms with Crippen LogP contribution in [-0.2, 0) is 16.0 Å². The molecule has 0 radical (unpaired) electrons. The highest BCUT2D eigenvalue weighted by Gasteiger charge is 2.09. The van der Waals surface area contributed by atoms with E-state index in [1.165, 1.54) is 0 Å². The van der Waals surface area contributed by atoms with E-state index >= 15 is 0 Å². The van der Waals surface area contributed by atoms with E-state index in [1.807, 2.05) is 31.2 Å². The molecule has 0 saturated heterocycles. The lowest BCUT2D eigenvalue weighted by Gasteiger charge is -2.08. The molecule has 2 aromatic rings. The highest BCUT2D eigenvalue weighted by molar-refractivity contribution is 6.31. The van der Waals surface area contributed by atoms with Crippen molar-refractivity contribution in [3.8, 4) is 0 Å². The fraction of sp³-hybridized carbons (Fsp3) is 0.316. The minimum Gasteiger partial charge on any atom is -0.356 e. The molecule has 2 amide bonds. The maximum absolute atomic E-state index is 11.9. The topological polar surface area (TPSA) is 71.1 Å². The van der Waals surface area contributed by atoms with Crippen LogP contribution >= 0.6 is 11.6 Å². The standard InChI is InChI=1S/C19H22ClN3O2/c1-14-8-9-16(12-17(14)20)23-19(25)13-18(24)22-11-5-3-7-15-6-2-4-10-21-15/h2,4,6,8-10,12H,3,5,7,11,13H2,1H3,(H,22,24)(H,23,25). The maximum Gasteiger partial charge on any atom is 0.233 e. The molecular formula is C19H22ClN3O2. The number of hydrogen-bond donors (Lipinski definition) is 2. The molecule has 0 spiro atoms. The smallest absolute Gasteiger partial charge is 0.233 e. The van der Waals surface area contributed by atoms with Gasteiger partial charge in [0.05, 0.1) is 0 Å². The lowest BCUT2D eigenvalue weighted by molar-refractivity contribution is -0.126. The summed E-state index contributed by atoms with van der Waals surface area (Å²) in [5, 5.41) is 6.01. The van der Waals surface area contributed by atoms with Crippen molar-refractivity contribution in [2.45, 2.75) is 32.6 Å². The first-order valence-corrected chi connectivity index (χ1v) is 8.65. The van der Waals surface area contributed by atoms with Crippen molar-refractivity contribution in [3.63, 3.8) is 0 Å². The molecule has 132 valence electrons. The van der Waals surface area contributed by atoms with Crippen LogP contribution in [0.25, 0.3) is 0 Å². The molecule has 0 fully saturated rings. The molecule has 0 aliphatic carbocycles. The minimum absolute atomic E-state index is 0.203. The van der Waals surface area contributed by atoms with Gasteiger partial charge in [-0.1, -0.05) is 23.7 Å². The van der Waals surface area contributed by atoms with Gasteiger partial charge < -0.3 is 10.6 Å². The monoisotopic (exact) mass is 359 g/mol. The largest absolute Gasteiger partial charge is 0.356 e. The number of amides is 2. The Balaban J connectivity index is 1.62. The van der Waals surface area contributed by atoms with Crippen LogP contribution in [0.5, 0.6) is 0 Å². The molecule has 1 aromatic heterocycles. The number of anilines is 1. The molecule has 1 heterocycles. The Hall–Kier alpha value is -2.40. The van der Waals surface area contributed by atoms with E-state index in [1.54, 1.807) is 18.3 Å². The number of carbonyl (C=O) groups excluding carboxylic acids is 2. The summed E-state index contributed by atoms with van der Waals surface area (Å²) in [6, 6.07) is 11.1. The number of halogens is 1. The maximum atomic E-state index is 11.9. The predicted molar refractivity (Wildman–Crippen MR) is 99.6 cm³/mol. The number of benzene rings is 1. The summed E-state index contributed by atoms with van der Waals surface area (Å²) in [6.07, 6.45) is 4.23. The van der Waals surface area contributed by atoms with E-state index in [9.17, 15) is 9.59 Å². The average molecular weight is 360 g/mol. The van der Waals surface area contributed by atoms with E-state index in [0.717, 1.165) is 30.5 Å². The Labute approximate surface area is 152 Å². The summed E-state index contributed by atoms with van der Waals surface area (Å²) in [5.74, 6) is -0.639. The van der Waals surface area contributed by atoms with Gasteiger partial charge >= 0.3 is 0 Å². The van der Waals surface area contributed by atoms with Gasteiger partial charge in [-0.3, -0.25) is 14.6 Å². The lowest BCUT2D eigenvalue weighted by atomic mass is 10.2. The van der Waals surface area contributed by atoms with Crippen LogP contribution in [0.4, 0.5) is 5.69 Å². The number of unbranched alkanes of at least 4 members (excludes halogenated alkanes) is 1. The van der Waals surface area contributed by atoms with Gasteiger partial charge in [-0.05, 0) is 56.0 Å². The van der Waals surface area contributed by atoms with Gasteiger partial charge in [0.25, 0.3) is 0 Å². The second-order valence-electron chi connectivity index (χ2n) is 5.82. The third-order valence-corrected chi connectivity index (χ3v) is 4.09. The van der Waals surface area contributed by atoms with E-state index in [2.05, 4.69) is 15.6 Å². The summed E-state index contributed by atoms with van der Waals surface area (Å²) in [7, 11) is 0. The zero-order valence-electron chi connectivity index (χ0n) is 14.2. The van der Waals surface area contributed by atoms with Crippen LogP contribution in [-0.4, -0.2) is 23.3 Å². The number of aromatic nitrogens is 1. The summed E-state index contributed by atoms with van der Waals surface area (Å²) in [6.45, 7) is 2.44. The molecule has 2 N–H and O–H groups in total. The van der Waals surface area contributed by atoms with Crippen molar-refractivity contribution in [3.05, 3.63) is 58.9 Å². The van der Waals surface area contributed by atoms with Gasteiger partial charge in [0.1, 0.15) is 6.42 Å². The van der Waals surface area contributed by atoms with Crippen LogP contribution in [0.3, 0.4) is 0 Å². The van der Waals surface area contributed by atoms with Crippen molar-refractivity contribution in [1.29, 1.82) is 0 Å². The Morgan fingerprint density at radius 1 is 1.12 bits per heavy atom. The number of nitrogens with zero attached hydrogens (tertiary/aromatic N) is 1. The fourth-order valence-corrected chi connectivity index (χ4v) is 2.47. The first-order valence-electron chi connectivity index (χ1n) is 8.27. The molecule has 0 aliphatic rings. The zero-order chi connectivity index (χ0) is 18.1. The van der Waals surface area contributed by atoms with E-state index in [-0.39, 0.29) is 18.2 Å². The Morgan fingerprint density at radius 3 is 2.68 bits per heavy atom. The zero-order valence-corrected chi connectivity index (χ0v) is 15.0. The molecule has 5 nitrogen and oxygen atoms in total. The third kappa shape index (κ3) is 6.93. The third-order valence-electron chi connectivity index (χ3n) is 3.68. The van der Waals surface area contributed by atoms with E-state index in [0.29, 0.717) is 17.3 Å². The second-order valence-corrected chi connectivity index (χ2v) is 6.22. The van der Waals surface area contributed by atoms with Crippen molar-refractivity contribution in [2.24, 2.45) is 0 Å². The molecule has 25 heavy (non-hydrogen) atoms. The first kappa shape index (κ1) is 18.9. The van der Waals surface area contributed by atoms with E-state index < -0.39 is 0 Å². The van der Waals surface area contributed by atoms with Gasteiger partial charge in [-0.15, -0.1) is 0 Å². The summed E-state index contributed by atoms with van der Waals surface area (Å²) in [5.41, 5.74) is 2.57. The molecule has 0 unspecified atom stereocenters. The van der Waals surface area contributed by atoms with Crippen LogP contribution in [0, 0.1) is 6.92 Å². The number of hydrogen-bond acceptors (Lipinski definition) is 3. The van der Waals surface area contributed by atoms with E-state index in [4.69, 9.17) is 11.6 Å². The molecule has 2 rings (SSSR count). The number of carbonyl (C=O) groups is 2. The molecule has 6 heteroatoms. The SMILES string of the molecule is Cc1ccc(NC(=O)CC(=O)NCCCCc2ccccn2)cc1Cl. The van der Waals surface area contributed by atoms with Crippen LogP contribution < -0.4 is 10.6 Å². The van der Waals surface area contributed by atoms with Gasteiger partial charge in [0.15, 0.2) is 0 Å². The van der Waals surface area contributed by atoms with Gasteiger partial charge in [0.2, 0.25) is 11.8 Å². The van der Waals surface area contributed by atoms with Gasteiger partial charge in [0, 0.05) is 29.1 Å². The highest BCUT2D eigenvalue weighted by atomic mass is 35.5. The Morgan fingerprint density at radius 2 is 1.96 bits per heavy atom. The Bertz CT molecular complexity index is 720. The van der Waals surface area contributed by atoms with Gasteiger partial charge in [-0.2, -0.15) is 0 Å². The molecule has 1 aromatic carbocycles. The van der Waals surface area contributed by atoms with Gasteiger partial charge in [-0.25, -0.2) is 0 Å². The summed E-state index contributed by atoms with van der Waals surface area (Å²) < 4.78 is 0. The fourth-order valence-electron chi connectivity index (χ4n) is 2.29. The number of pyridine rings is 1. The molecule has 0 bridgehead atoms. The Kier molecular flexibility index (Phi) is 7.41. The number of rotatable bonds is 8. The second kappa shape index (κ2) is 9.79. The predicted octanol–water partition coefficient (Wildman–Crippen LogP) is 3.51. The summed E-state index contributed by atoms with van der Waals surface area (Å²) in [4.78, 5) is 27.9. The quantitative estimate of drug-likeness (QED) is 0.559. The van der Waals surface area contributed by atoms with Crippen LogP contribution in [0.15, 0.2) is 42.6 Å². The molecule has 0 atom stereocenters. The molecule has 0 saturated carbocycles. The molecule has 0 aliphatic heterocycles. The number of aryl methyl sites for hydroxylation is 2. The summed E-state index contributed by atoms with van der Waals surface area (Å²) >= 11 is 6.01. The lowest BCUT2D eigenvalue weighted by Crippen LogP contribution is -2.28. The minimum atomic E-state index is -0.356. The number of nitrogens with one attached hydrogen (secondary N) is 2. The average Bonchev–Trinajstić information content (AvgIpc) is 2.58. The van der Waals surface area contributed by atoms with Crippen LogP contribution in [0.1, 0.15) is 30.5 Å².